The van der Waals surface area contributed by atoms with Crippen molar-refractivity contribution in [1.82, 2.24) is 30.0 Å². The number of carbonyl (C=O) groups excluding carboxylic acids is 1. The van der Waals surface area contributed by atoms with Crippen molar-refractivity contribution < 1.29 is 4.79 Å². The Bertz CT molecular complexity index is 1440. The van der Waals surface area contributed by atoms with Crippen molar-refractivity contribution in [2.45, 2.75) is 32.5 Å². The van der Waals surface area contributed by atoms with E-state index >= 15 is 0 Å². The molecule has 0 fully saturated rings. The number of hydrogen-bond donors (Lipinski definition) is 1. The SMILES string of the molecule is C=Cc1cc(Cl)cc2nn(CC(C)(N)C#N)nc12.C=Cc1cc(Cl)cc2nn(CC(C)=O)nc12. The average Bonchev–Trinajstić information content (AvgIpc) is 3.34. The molecule has 0 aliphatic carbocycles. The van der Waals surface area contributed by atoms with Gasteiger partial charge in [0.15, 0.2) is 5.78 Å². The molecule has 2 N–H and O–H groups in total. The molecule has 0 saturated heterocycles. The van der Waals surface area contributed by atoms with Crippen LogP contribution in [-0.4, -0.2) is 41.3 Å². The fourth-order valence-corrected chi connectivity index (χ4v) is 3.53. The van der Waals surface area contributed by atoms with Crippen molar-refractivity contribution in [3.05, 3.63) is 58.6 Å². The lowest BCUT2D eigenvalue weighted by atomic mass is 10.1. The molecule has 0 aliphatic rings. The molecule has 11 heteroatoms. The number of carbonyl (C=O) groups is 1. The van der Waals surface area contributed by atoms with Crippen molar-refractivity contribution in [2.24, 2.45) is 5.73 Å². The van der Waals surface area contributed by atoms with E-state index in [0.717, 1.165) is 11.1 Å². The highest BCUT2D eigenvalue weighted by molar-refractivity contribution is 6.31. The first-order chi connectivity index (χ1) is 16.0. The minimum Gasteiger partial charge on any atom is -0.312 e. The maximum Gasteiger partial charge on any atom is 0.153 e. The van der Waals surface area contributed by atoms with Crippen LogP contribution >= 0.6 is 23.2 Å². The summed E-state index contributed by atoms with van der Waals surface area (Å²) >= 11 is 11.9. The van der Waals surface area contributed by atoms with Crippen molar-refractivity contribution in [3.8, 4) is 6.07 Å². The third-order valence-electron chi connectivity index (χ3n) is 4.57. The number of Topliss-reactive ketones (excluding diaryl/α,β-unsaturated/α-hetero) is 1. The lowest BCUT2D eigenvalue weighted by molar-refractivity contribution is -0.117. The molecule has 1 unspecified atom stereocenters. The smallest absolute Gasteiger partial charge is 0.153 e. The summed E-state index contributed by atoms with van der Waals surface area (Å²) in [5.74, 6) is 0.00607. The third kappa shape index (κ3) is 5.85. The molecule has 4 aromatic rings. The second kappa shape index (κ2) is 10.1. The Morgan fingerprint density at radius 1 is 1.03 bits per heavy atom. The first-order valence-corrected chi connectivity index (χ1v) is 10.8. The van der Waals surface area contributed by atoms with Crippen molar-refractivity contribution in [1.29, 1.82) is 5.26 Å². The van der Waals surface area contributed by atoms with Crippen molar-refractivity contribution >= 4 is 63.2 Å². The Balaban J connectivity index is 0.000000192. The van der Waals surface area contributed by atoms with Gasteiger partial charge < -0.3 is 5.73 Å². The topological polar surface area (TPSA) is 128 Å². The van der Waals surface area contributed by atoms with Crippen LogP contribution in [-0.2, 0) is 17.9 Å². The van der Waals surface area contributed by atoms with Crippen LogP contribution in [0, 0.1) is 11.3 Å². The van der Waals surface area contributed by atoms with E-state index < -0.39 is 5.54 Å². The molecule has 0 radical (unpaired) electrons. The molecule has 0 amide bonds. The second-order valence-corrected chi connectivity index (χ2v) is 8.70. The summed E-state index contributed by atoms with van der Waals surface area (Å²) in [7, 11) is 0. The van der Waals surface area contributed by atoms with Gasteiger partial charge in [0.2, 0.25) is 0 Å². The summed E-state index contributed by atoms with van der Waals surface area (Å²) in [6.07, 6.45) is 3.33. The Hall–Kier alpha value is -3.58. The van der Waals surface area contributed by atoms with Gasteiger partial charge in [-0.1, -0.05) is 48.5 Å². The van der Waals surface area contributed by atoms with E-state index in [4.69, 9.17) is 34.2 Å². The molecular weight excluding hydrogens is 475 g/mol. The van der Waals surface area contributed by atoms with Crippen LogP contribution in [0.25, 0.3) is 34.2 Å². The van der Waals surface area contributed by atoms with Gasteiger partial charge in [-0.2, -0.15) is 35.2 Å². The number of halogens is 2. The van der Waals surface area contributed by atoms with E-state index in [2.05, 4.69) is 33.6 Å². The third-order valence-corrected chi connectivity index (χ3v) is 5.01. The van der Waals surface area contributed by atoms with Gasteiger partial charge in [0, 0.05) is 21.2 Å². The molecular formula is C23H22Cl2N8O. The van der Waals surface area contributed by atoms with Gasteiger partial charge >= 0.3 is 0 Å². The summed E-state index contributed by atoms with van der Waals surface area (Å²) in [5, 5.41) is 27.0. The molecule has 4 rings (SSSR count). The Labute approximate surface area is 206 Å². The quantitative estimate of drug-likeness (QED) is 0.421. The standard InChI is InChI=1S/C12H12ClN5.C11H10ClN3O/c1-3-8-4-9(13)5-10-11(8)17-18(16-10)7-12(2,15)6-14;1-3-8-4-9(12)5-10-11(8)14-15(13-10)6-7(2)16/h3-5H,1,7,15H2,2H3;3-5H,1,6H2,2H3. The molecule has 0 bridgehead atoms. The number of hydrogen-bond acceptors (Lipinski definition) is 7. The van der Waals surface area contributed by atoms with E-state index in [1.807, 2.05) is 6.07 Å². The summed E-state index contributed by atoms with van der Waals surface area (Å²) in [4.78, 5) is 13.7. The Morgan fingerprint density at radius 2 is 1.50 bits per heavy atom. The highest BCUT2D eigenvalue weighted by Crippen LogP contribution is 2.23. The fourth-order valence-electron chi connectivity index (χ4n) is 3.09. The molecule has 0 spiro atoms. The number of fused-ring (bicyclic) bond motifs is 2. The molecule has 2 aromatic heterocycles. The molecule has 0 saturated carbocycles. The zero-order valence-corrected chi connectivity index (χ0v) is 20.2. The summed E-state index contributed by atoms with van der Waals surface area (Å²) in [5.41, 5.74) is 9.11. The average molecular weight is 497 g/mol. The van der Waals surface area contributed by atoms with Crippen molar-refractivity contribution in [2.75, 3.05) is 0 Å². The van der Waals surface area contributed by atoms with E-state index in [9.17, 15) is 4.79 Å². The minimum atomic E-state index is -1.01. The van der Waals surface area contributed by atoms with Gasteiger partial charge in [0.25, 0.3) is 0 Å². The zero-order valence-electron chi connectivity index (χ0n) is 18.7. The van der Waals surface area contributed by atoms with E-state index in [1.54, 1.807) is 43.3 Å². The van der Waals surface area contributed by atoms with Crippen LogP contribution in [0.5, 0.6) is 0 Å². The normalized spacial score (nSPS) is 12.5. The Morgan fingerprint density at radius 3 is 1.94 bits per heavy atom. The molecule has 9 nitrogen and oxygen atoms in total. The van der Waals surface area contributed by atoms with Gasteiger partial charge in [-0.3, -0.25) is 4.79 Å². The number of rotatable bonds is 6. The maximum absolute atomic E-state index is 11.0. The van der Waals surface area contributed by atoms with Crippen molar-refractivity contribution in [3.63, 3.8) is 0 Å². The number of nitrogens with two attached hydrogens (primary N) is 1. The predicted molar refractivity (Wildman–Crippen MR) is 134 cm³/mol. The number of ketones is 1. The van der Waals surface area contributed by atoms with Crippen LogP contribution in [0.1, 0.15) is 25.0 Å². The summed E-state index contributed by atoms with van der Waals surface area (Å²) < 4.78 is 0. The zero-order chi connectivity index (χ0) is 25.0. The predicted octanol–water partition coefficient (Wildman–Crippen LogP) is 4.29. The monoisotopic (exact) mass is 496 g/mol. The molecule has 1 atom stereocenters. The lowest BCUT2D eigenvalue weighted by Crippen LogP contribution is -2.39. The highest BCUT2D eigenvalue weighted by Gasteiger charge is 2.20. The highest BCUT2D eigenvalue weighted by atomic mass is 35.5. The molecule has 2 heterocycles. The van der Waals surface area contributed by atoms with Gasteiger partial charge in [0.05, 0.1) is 12.6 Å². The van der Waals surface area contributed by atoms with E-state index in [-0.39, 0.29) is 18.9 Å². The van der Waals surface area contributed by atoms with Gasteiger partial charge in [0.1, 0.15) is 34.2 Å². The van der Waals surface area contributed by atoms with Crippen LogP contribution in [0.15, 0.2) is 37.4 Å². The van der Waals surface area contributed by atoms with Crippen LogP contribution in [0.4, 0.5) is 0 Å². The molecule has 2 aromatic carbocycles. The molecule has 174 valence electrons. The van der Waals surface area contributed by atoms with E-state index in [0.29, 0.717) is 32.1 Å². The van der Waals surface area contributed by atoms with E-state index in [1.165, 1.54) is 16.5 Å². The molecule has 34 heavy (non-hydrogen) atoms. The van der Waals surface area contributed by atoms with Gasteiger partial charge in [-0.05, 0) is 38.1 Å². The minimum absolute atomic E-state index is 0.00607. The van der Waals surface area contributed by atoms with Gasteiger partial charge in [-0.15, -0.1) is 0 Å². The summed E-state index contributed by atoms with van der Waals surface area (Å²) in [6, 6.07) is 8.97. The first-order valence-electron chi connectivity index (χ1n) is 10.1. The largest absolute Gasteiger partial charge is 0.312 e. The second-order valence-electron chi connectivity index (χ2n) is 7.83. The first kappa shape index (κ1) is 25.1. The molecule has 0 aliphatic heterocycles. The summed E-state index contributed by atoms with van der Waals surface area (Å²) in [6.45, 7) is 10.9. The number of nitriles is 1. The Kier molecular flexibility index (Phi) is 7.47. The number of benzene rings is 2. The lowest BCUT2D eigenvalue weighted by Gasteiger charge is -2.13. The number of aromatic nitrogens is 6. The van der Waals surface area contributed by atoms with Crippen LogP contribution in [0.3, 0.4) is 0 Å². The van der Waals surface area contributed by atoms with Crippen LogP contribution in [0.2, 0.25) is 10.0 Å². The maximum atomic E-state index is 11.0. The van der Waals surface area contributed by atoms with Crippen LogP contribution < -0.4 is 5.73 Å². The number of nitrogens with zero attached hydrogens (tertiary/aromatic N) is 7. The fraction of sp³-hybridized carbons (Fsp3) is 0.217. The van der Waals surface area contributed by atoms with Gasteiger partial charge in [-0.25, -0.2) is 0 Å².